The Morgan fingerprint density at radius 1 is 0.325 bits per heavy atom. The molecule has 0 aliphatic heterocycles. The molecule has 1 nitrogen and oxygen atoms in total. The Balaban J connectivity index is -0.0000000857. The zero-order valence-corrected chi connectivity index (χ0v) is 23.1. The molecule has 0 aliphatic carbocycles. The first-order valence-electron chi connectivity index (χ1n) is 13.3. The lowest BCUT2D eigenvalue weighted by molar-refractivity contribution is 0.216. The van der Waals surface area contributed by atoms with Gasteiger partial charge in [0, 0.05) is 6.10 Å². The minimum absolute atomic E-state index is 0. The van der Waals surface area contributed by atoms with Gasteiger partial charge in [0.2, 0.25) is 0 Å². The van der Waals surface area contributed by atoms with E-state index in [9.17, 15) is 0 Å². The molecule has 40 heavy (non-hydrogen) atoms. The van der Waals surface area contributed by atoms with E-state index in [0.717, 1.165) is 0 Å². The minimum Gasteiger partial charge on any atom is -0.394 e. The molecule has 0 unspecified atom stereocenters. The van der Waals surface area contributed by atoms with Crippen LogP contribution in [0, 0.1) is 0 Å². The Morgan fingerprint density at radius 2 is 0.425 bits per heavy atom. The van der Waals surface area contributed by atoms with Crippen molar-refractivity contribution in [3.8, 4) is 0 Å². The third-order valence-corrected chi connectivity index (χ3v) is 4.12. The van der Waals surface area contributed by atoms with E-state index < -0.39 is 0 Å². The molecular formula is C39H66O. The first-order chi connectivity index (χ1) is 17.6. The third-order valence-electron chi connectivity index (χ3n) is 4.12. The van der Waals surface area contributed by atoms with Gasteiger partial charge in [-0.05, 0) is 13.8 Å². The van der Waals surface area contributed by atoms with Crippen molar-refractivity contribution in [2.75, 3.05) is 0 Å². The number of hydrogen-bond acceptors (Lipinski definition) is 1. The van der Waals surface area contributed by atoms with Crippen LogP contribution < -0.4 is 0 Å². The summed E-state index contributed by atoms with van der Waals surface area (Å²) in [5, 5.41) is 8.06. The van der Waals surface area contributed by atoms with Crippen LogP contribution in [-0.4, -0.2) is 11.2 Å². The Labute approximate surface area is 252 Å². The summed E-state index contributed by atoms with van der Waals surface area (Å²) in [6, 6.07) is 48.0. The van der Waals surface area contributed by atoms with Crippen molar-refractivity contribution in [1.29, 1.82) is 0 Å². The average Bonchev–Trinajstić information content (AvgIpc) is 2.96. The van der Waals surface area contributed by atoms with Gasteiger partial charge >= 0.3 is 0 Å². The largest absolute Gasteiger partial charge is 0.394 e. The van der Waals surface area contributed by atoms with Crippen molar-refractivity contribution in [3.63, 3.8) is 0 Å². The van der Waals surface area contributed by atoms with Gasteiger partial charge in [0.05, 0.1) is 0 Å². The molecule has 0 aromatic heterocycles. The van der Waals surface area contributed by atoms with Crippen LogP contribution in [0.1, 0.15) is 95.9 Å². The molecule has 0 aliphatic rings. The van der Waals surface area contributed by atoms with Gasteiger partial charge in [-0.25, -0.2) is 0 Å². The van der Waals surface area contributed by atoms with Crippen LogP contribution in [-0.2, 0) is 0 Å². The van der Waals surface area contributed by atoms with E-state index in [4.69, 9.17) is 5.11 Å². The molecule has 4 rings (SSSR count). The second-order valence-corrected chi connectivity index (χ2v) is 8.13. The highest BCUT2D eigenvalue weighted by Gasteiger charge is 1.83. The van der Waals surface area contributed by atoms with Crippen LogP contribution in [0.2, 0.25) is 0 Å². The predicted octanol–water partition coefficient (Wildman–Crippen LogP) is 13.0. The number of benzene rings is 4. The molecule has 1 heteroatoms. The molecule has 0 atom stereocenters. The fraction of sp³-hybridized carbons (Fsp3) is 0.385. The van der Waals surface area contributed by atoms with Crippen LogP contribution in [0.25, 0.3) is 0 Å². The second kappa shape index (κ2) is 48.9. The molecule has 0 spiro atoms. The van der Waals surface area contributed by atoms with Gasteiger partial charge in [-0.2, -0.15) is 0 Å². The Bertz CT molecular complexity index is 545. The van der Waals surface area contributed by atoms with E-state index >= 15 is 0 Å². The number of aliphatic hydroxyl groups excluding tert-OH is 1. The van der Waals surface area contributed by atoms with Gasteiger partial charge in [0.1, 0.15) is 0 Å². The maximum atomic E-state index is 8.06. The summed E-state index contributed by atoms with van der Waals surface area (Å²) in [7, 11) is 0. The summed E-state index contributed by atoms with van der Waals surface area (Å²) >= 11 is 0. The lowest BCUT2D eigenvalue weighted by atomic mass is 10.1. The first-order valence-corrected chi connectivity index (χ1v) is 13.3. The molecule has 4 aromatic carbocycles. The van der Waals surface area contributed by atoms with E-state index in [-0.39, 0.29) is 35.8 Å². The van der Waals surface area contributed by atoms with Crippen LogP contribution in [0.5, 0.6) is 0 Å². The minimum atomic E-state index is -0.167. The number of aliphatic hydroxyl groups is 1. The number of hydrogen-bond donors (Lipinski definition) is 1. The highest BCUT2D eigenvalue weighted by Crippen LogP contribution is 2.03. The maximum Gasteiger partial charge on any atom is 0.0483 e. The molecule has 0 fully saturated rings. The third kappa shape index (κ3) is 59.8. The van der Waals surface area contributed by atoms with E-state index in [1.165, 1.54) is 38.5 Å². The molecule has 0 saturated carbocycles. The molecule has 0 heterocycles. The van der Waals surface area contributed by atoms with Crippen LogP contribution in [0.4, 0.5) is 0 Å². The Hall–Kier alpha value is -3.16. The topological polar surface area (TPSA) is 20.2 Å². The molecule has 228 valence electrons. The molecule has 1 N–H and O–H groups in total. The van der Waals surface area contributed by atoms with E-state index in [1.54, 1.807) is 13.8 Å². The monoisotopic (exact) mass is 551 g/mol. The number of unbranched alkanes of at least 4 members (excludes halogenated alkanes) is 5. The smallest absolute Gasteiger partial charge is 0.0483 e. The van der Waals surface area contributed by atoms with Gasteiger partial charge < -0.3 is 5.11 Å². The van der Waals surface area contributed by atoms with Gasteiger partial charge in [-0.1, -0.05) is 228 Å². The molecule has 4 aromatic rings. The van der Waals surface area contributed by atoms with E-state index in [2.05, 4.69) is 13.8 Å². The molecule has 0 saturated heterocycles. The molecule has 0 bridgehead atoms. The lowest BCUT2D eigenvalue weighted by Crippen LogP contribution is -1.85. The summed E-state index contributed by atoms with van der Waals surface area (Å²) in [6.07, 6.45) is 8.32. The van der Waals surface area contributed by atoms with Crippen molar-refractivity contribution in [2.24, 2.45) is 0 Å². The SMILES string of the molecule is C.C.C.C.CC(C)O.CCCCCCCC.c1ccccc1.c1ccccc1.c1ccccc1.c1ccccc1. The van der Waals surface area contributed by atoms with Gasteiger partial charge in [-0.15, -0.1) is 0 Å². The standard InChI is InChI=1S/C8H18.4C6H6.C3H8O.4CH4/c1-3-5-7-8-6-4-2;4*1-2-4-6-5-3-1;1-3(2)4;;;;/h3-8H2,1-2H3;4*1-6H;3-4H,1-2H3;4*1H4. The van der Waals surface area contributed by atoms with Crippen molar-refractivity contribution < 1.29 is 5.11 Å². The van der Waals surface area contributed by atoms with Gasteiger partial charge in [0.15, 0.2) is 0 Å². The lowest BCUT2D eigenvalue weighted by Gasteiger charge is -1.93. The van der Waals surface area contributed by atoms with Gasteiger partial charge in [0.25, 0.3) is 0 Å². The fourth-order valence-corrected chi connectivity index (χ4v) is 2.39. The summed E-state index contributed by atoms with van der Waals surface area (Å²) in [5.41, 5.74) is 0. The van der Waals surface area contributed by atoms with Crippen LogP contribution >= 0.6 is 0 Å². The average molecular weight is 551 g/mol. The summed E-state index contributed by atoms with van der Waals surface area (Å²) < 4.78 is 0. The summed E-state index contributed by atoms with van der Waals surface area (Å²) in [4.78, 5) is 0. The zero-order chi connectivity index (χ0) is 26.8. The second-order valence-electron chi connectivity index (χ2n) is 8.13. The predicted molar refractivity (Wildman–Crippen MR) is 189 cm³/mol. The van der Waals surface area contributed by atoms with Crippen LogP contribution in [0.3, 0.4) is 0 Å². The molecular weight excluding hydrogens is 484 g/mol. The Morgan fingerprint density at radius 3 is 0.500 bits per heavy atom. The Kier molecular flexibility index (Phi) is 60.8. The van der Waals surface area contributed by atoms with Crippen molar-refractivity contribution in [3.05, 3.63) is 146 Å². The fourth-order valence-electron chi connectivity index (χ4n) is 2.39. The molecule has 0 amide bonds. The van der Waals surface area contributed by atoms with Crippen molar-refractivity contribution >= 4 is 0 Å². The highest BCUT2D eigenvalue weighted by atomic mass is 16.3. The maximum absolute atomic E-state index is 8.06. The van der Waals surface area contributed by atoms with E-state index in [1.807, 2.05) is 146 Å². The summed E-state index contributed by atoms with van der Waals surface area (Å²) in [5.74, 6) is 0. The molecule has 0 radical (unpaired) electrons. The number of rotatable bonds is 5. The van der Waals surface area contributed by atoms with E-state index in [0.29, 0.717) is 0 Å². The first kappa shape index (κ1) is 49.8. The van der Waals surface area contributed by atoms with Crippen LogP contribution in [0.15, 0.2) is 146 Å². The quantitative estimate of drug-likeness (QED) is 0.245. The highest BCUT2D eigenvalue weighted by molar-refractivity contribution is 5.00. The normalized spacial score (nSPS) is 7.65. The summed E-state index contributed by atoms with van der Waals surface area (Å²) in [6.45, 7) is 7.96. The van der Waals surface area contributed by atoms with Crippen molar-refractivity contribution in [1.82, 2.24) is 0 Å². The zero-order valence-electron chi connectivity index (χ0n) is 23.1. The van der Waals surface area contributed by atoms with Gasteiger partial charge in [-0.3, -0.25) is 0 Å². The van der Waals surface area contributed by atoms with Crippen molar-refractivity contribution in [2.45, 2.75) is 102 Å².